The predicted octanol–water partition coefficient (Wildman–Crippen LogP) is 3.88. The quantitative estimate of drug-likeness (QED) is 0.503. The molecular formula is C22H24Si. The third kappa shape index (κ3) is 2.66. The summed E-state index contributed by atoms with van der Waals surface area (Å²) in [5.41, 5.74) is -0.761. The highest BCUT2D eigenvalue weighted by Gasteiger charge is 2.42. The minimum absolute atomic E-state index is 0.0185. The van der Waals surface area contributed by atoms with E-state index in [4.69, 9.17) is 19.2 Å². The lowest BCUT2D eigenvalue weighted by molar-refractivity contribution is 1.04. The maximum absolute atomic E-state index is 8.84. The summed E-state index contributed by atoms with van der Waals surface area (Å²) in [4.78, 5) is 0. The molecule has 116 valence electrons. The van der Waals surface area contributed by atoms with Gasteiger partial charge in [0.1, 0.15) is 0 Å². The van der Waals surface area contributed by atoms with Crippen LogP contribution in [0.3, 0.4) is 0 Å². The molecule has 0 fully saturated rings. The summed E-state index contributed by atoms with van der Waals surface area (Å²) >= 11 is 0. The Hall–Kier alpha value is -2.12. The van der Waals surface area contributed by atoms with Crippen LogP contribution in [0.25, 0.3) is 0 Å². The van der Waals surface area contributed by atoms with Gasteiger partial charge in [-0.3, -0.25) is 0 Å². The van der Waals surface area contributed by atoms with Gasteiger partial charge in [0.15, 0.2) is 8.07 Å². The summed E-state index contributed by atoms with van der Waals surface area (Å²) in [6.45, 7) is 4.62. The topological polar surface area (TPSA) is 0 Å². The zero-order valence-corrected chi connectivity index (χ0v) is 14.1. The summed E-state index contributed by atoms with van der Waals surface area (Å²) in [6.07, 6.45) is 0. The zero-order valence-electron chi connectivity index (χ0n) is 27.1. The van der Waals surface area contributed by atoms with Crippen LogP contribution in [0.4, 0.5) is 0 Å². The second kappa shape index (κ2) is 6.55. The monoisotopic (exact) mass is 330 g/mol. The maximum Gasteiger partial charge on any atom is 0.151 e. The van der Waals surface area contributed by atoms with Crippen molar-refractivity contribution in [2.45, 2.75) is 26.3 Å². The predicted molar refractivity (Wildman–Crippen MR) is 104 cm³/mol. The first-order chi connectivity index (χ1) is 17.0. The molecule has 0 amide bonds. The van der Waals surface area contributed by atoms with Gasteiger partial charge in [-0.25, -0.2) is 0 Å². The number of hydrogen-bond donors (Lipinski definition) is 0. The van der Waals surface area contributed by atoms with Crippen molar-refractivity contribution in [1.82, 2.24) is 0 Å². The van der Waals surface area contributed by atoms with Crippen molar-refractivity contribution < 1.29 is 19.2 Å². The highest BCUT2D eigenvalue weighted by Crippen LogP contribution is 2.22. The summed E-state index contributed by atoms with van der Waals surface area (Å²) in [7, 11) is -4.43. The lowest BCUT2D eigenvalue weighted by Crippen LogP contribution is -2.69. The van der Waals surface area contributed by atoms with Crippen molar-refractivity contribution in [3.8, 4) is 0 Å². The molecule has 0 spiro atoms. The molecular weight excluding hydrogens is 292 g/mol. The lowest BCUT2D eigenvalue weighted by Gasteiger charge is -2.38. The van der Waals surface area contributed by atoms with Crippen molar-refractivity contribution in [2.75, 3.05) is 0 Å². The summed E-state index contributed by atoms with van der Waals surface area (Å²) in [5, 5.41) is -0.703. The van der Waals surface area contributed by atoms with E-state index in [9.17, 15) is 0 Å². The van der Waals surface area contributed by atoms with Crippen molar-refractivity contribution in [3.63, 3.8) is 0 Å². The van der Waals surface area contributed by atoms with Gasteiger partial charge in [0.2, 0.25) is 0 Å². The molecule has 0 saturated carbocycles. The molecule has 0 atom stereocenters. The zero-order chi connectivity index (χ0) is 28.5. The van der Waals surface area contributed by atoms with Gasteiger partial charge in [0.25, 0.3) is 0 Å². The van der Waals surface area contributed by atoms with Gasteiger partial charge in [0, 0.05) is 0 Å². The molecule has 0 aliphatic carbocycles. The average Bonchev–Trinajstić information content (AvgIpc) is 2.85. The Kier molecular flexibility index (Phi) is 1.73. The van der Waals surface area contributed by atoms with E-state index in [0.717, 1.165) is 0 Å². The van der Waals surface area contributed by atoms with E-state index in [1.165, 1.54) is 6.92 Å². The maximum atomic E-state index is 8.84. The van der Waals surface area contributed by atoms with Crippen LogP contribution in [0.2, 0.25) is 5.54 Å². The molecule has 3 rings (SSSR count). The van der Waals surface area contributed by atoms with Gasteiger partial charge in [-0.15, -0.1) is 0 Å². The van der Waals surface area contributed by atoms with Crippen LogP contribution in [0, 0.1) is 6.92 Å². The van der Waals surface area contributed by atoms with Gasteiger partial charge < -0.3 is 0 Å². The van der Waals surface area contributed by atoms with Crippen LogP contribution in [0.15, 0.2) is 84.6 Å². The highest BCUT2D eigenvalue weighted by molar-refractivity contribution is 7.12. The molecule has 23 heavy (non-hydrogen) atoms. The minimum atomic E-state index is -4.43. The highest BCUT2D eigenvalue weighted by atomic mass is 28.3. The molecule has 3 aromatic carbocycles. The summed E-state index contributed by atoms with van der Waals surface area (Å²) in [6, 6.07) is -8.88. The minimum Gasteiger partial charge on any atom is -0.0642 e. The number of benzene rings is 3. The molecule has 0 aromatic heterocycles. The Bertz CT molecular complexity index is 1210. The molecule has 0 N–H and O–H groups in total. The number of rotatable bonds is 4. The molecule has 0 saturated heterocycles. The Morgan fingerprint density at radius 3 is 1.61 bits per heavy atom. The molecule has 3 aromatic rings. The van der Waals surface area contributed by atoms with E-state index in [0.29, 0.717) is 0 Å². The first-order valence-corrected chi connectivity index (χ1v) is 9.27. The molecule has 0 nitrogen and oxygen atoms in total. The van der Waals surface area contributed by atoms with Crippen LogP contribution in [-0.2, 0) is 0 Å². The third-order valence-corrected chi connectivity index (χ3v) is 9.02. The molecule has 0 heterocycles. The fourth-order valence-corrected chi connectivity index (χ4v) is 7.34. The van der Waals surface area contributed by atoms with Crippen LogP contribution >= 0.6 is 0 Å². The molecule has 0 radical (unpaired) electrons. The van der Waals surface area contributed by atoms with E-state index < -0.39 is 98.2 Å². The Labute approximate surface area is 160 Å². The Morgan fingerprint density at radius 2 is 1.13 bits per heavy atom. The first-order valence-electron chi connectivity index (χ1n) is 14.2. The van der Waals surface area contributed by atoms with Crippen molar-refractivity contribution in [1.29, 1.82) is 0 Å². The first kappa shape index (κ1) is 6.07. The largest absolute Gasteiger partial charge is 0.151 e. The normalized spacial score (nSPS) is 20.2. The van der Waals surface area contributed by atoms with E-state index in [1.54, 1.807) is 13.8 Å². The Morgan fingerprint density at radius 1 is 0.696 bits per heavy atom. The summed E-state index contributed by atoms with van der Waals surface area (Å²) < 4.78 is 118. The fourth-order valence-electron chi connectivity index (χ4n) is 2.90. The molecule has 0 bridgehead atoms. The second-order valence-corrected chi connectivity index (χ2v) is 9.73. The van der Waals surface area contributed by atoms with E-state index >= 15 is 0 Å². The van der Waals surface area contributed by atoms with Crippen LogP contribution in [-0.4, -0.2) is 8.07 Å². The van der Waals surface area contributed by atoms with Gasteiger partial charge in [-0.05, 0) is 28.0 Å². The van der Waals surface area contributed by atoms with Gasteiger partial charge in [0.05, 0.1) is 19.2 Å². The Balaban J connectivity index is 2.90. The van der Waals surface area contributed by atoms with Crippen molar-refractivity contribution in [3.05, 3.63) is 90.2 Å². The molecule has 0 aliphatic heterocycles. The fraction of sp³-hybridized carbons (Fsp3) is 0.182. The average molecular weight is 331 g/mol. The van der Waals surface area contributed by atoms with Gasteiger partial charge >= 0.3 is 0 Å². The van der Waals surface area contributed by atoms with Gasteiger partial charge in [-0.2, -0.15) is 0 Å². The lowest BCUT2D eigenvalue weighted by atomic mass is 10.2. The van der Waals surface area contributed by atoms with Gasteiger partial charge in [-0.1, -0.05) is 104 Å². The summed E-state index contributed by atoms with van der Waals surface area (Å²) in [5.74, 6) is 0. The van der Waals surface area contributed by atoms with Crippen LogP contribution in [0.1, 0.15) is 38.6 Å². The van der Waals surface area contributed by atoms with E-state index in [2.05, 4.69) is 0 Å². The molecule has 0 unspecified atom stereocenters. The van der Waals surface area contributed by atoms with Crippen molar-refractivity contribution in [2.24, 2.45) is 0 Å². The van der Waals surface area contributed by atoms with Crippen LogP contribution in [0.5, 0.6) is 0 Å². The third-order valence-electron chi connectivity index (χ3n) is 3.92. The SMILES string of the molecule is [2H]c1c([2H])c([2H])c([Si](c2c([2H])c([2H])c([2H])c([2H])c2[2H])(c2c([2H])c([2H])c([2H])c([2H])c2C)C(C)C)c([2H])c1[2H]. The second-order valence-electron chi connectivity index (χ2n) is 5.46. The van der Waals surface area contributed by atoms with Crippen molar-refractivity contribution >= 4 is 23.6 Å². The van der Waals surface area contributed by atoms with E-state index in [1.807, 2.05) is 0 Å². The van der Waals surface area contributed by atoms with E-state index in [-0.39, 0.29) is 21.1 Å². The smallest absolute Gasteiger partial charge is 0.0642 e. The standard InChI is InChI=1S/C22H24Si/c1-18(2)23(20-13-6-4-7-14-20,21-15-8-5-9-16-21)22-17-11-10-12-19(22)3/h4-18H,1-3H3/i4D,5D,6D,7D,8D,9D,10D,11D,12D,13D,14D,15D,16D,17D. The van der Waals surface area contributed by atoms with Crippen LogP contribution < -0.4 is 15.6 Å². The molecule has 0 aliphatic rings. The molecule has 1 heteroatoms. The number of hydrogen-bond acceptors (Lipinski definition) is 0.